The molecule has 0 amide bonds. The molecule has 1 atom stereocenters. The molecule has 0 spiro atoms. The maximum absolute atomic E-state index is 5.58. The molecule has 1 aromatic heterocycles. The molecule has 0 bridgehead atoms. The number of nitrogens with zero attached hydrogens (tertiary/aromatic N) is 1. The van der Waals surface area contributed by atoms with E-state index >= 15 is 0 Å². The lowest BCUT2D eigenvalue weighted by atomic mass is 10.3. The quantitative estimate of drug-likeness (QED) is 0.733. The van der Waals surface area contributed by atoms with E-state index in [1.165, 1.54) is 0 Å². The first kappa shape index (κ1) is 12.5. The Morgan fingerprint density at radius 2 is 2.47 bits per heavy atom. The van der Waals surface area contributed by atoms with Gasteiger partial charge in [-0.2, -0.15) is 0 Å². The van der Waals surface area contributed by atoms with E-state index in [1.54, 1.807) is 13.3 Å². The summed E-state index contributed by atoms with van der Waals surface area (Å²) in [6, 6.07) is 0. The van der Waals surface area contributed by atoms with Gasteiger partial charge in [-0.15, -0.1) is 0 Å². The lowest BCUT2D eigenvalue weighted by Crippen LogP contribution is -2.21. The molecule has 17 heavy (non-hydrogen) atoms. The summed E-state index contributed by atoms with van der Waals surface area (Å²) in [6.45, 7) is 3.83. The van der Waals surface area contributed by atoms with Gasteiger partial charge in [0.2, 0.25) is 5.89 Å². The molecule has 6 nitrogen and oxygen atoms in total. The molecule has 1 unspecified atom stereocenters. The Kier molecular flexibility index (Phi) is 4.93. The van der Waals surface area contributed by atoms with E-state index < -0.39 is 0 Å². The monoisotopic (exact) mass is 242 g/mol. The van der Waals surface area contributed by atoms with Crippen LogP contribution in [-0.4, -0.2) is 45.1 Å². The molecule has 1 saturated heterocycles. The van der Waals surface area contributed by atoms with Gasteiger partial charge in [0.25, 0.3) is 0 Å². The molecule has 2 rings (SSSR count). The second-order valence-corrected chi connectivity index (χ2v) is 3.76. The zero-order valence-corrected chi connectivity index (χ0v) is 9.98. The number of rotatable bonds is 6. The largest absolute Gasteiger partial charge is 0.441 e. The van der Waals surface area contributed by atoms with Crippen LogP contribution in [0.1, 0.15) is 17.8 Å². The molecule has 96 valence electrons. The third-order valence-corrected chi connectivity index (χ3v) is 2.46. The van der Waals surface area contributed by atoms with Crippen LogP contribution in [0, 0.1) is 0 Å². The molecule has 0 aliphatic carbocycles. The van der Waals surface area contributed by atoms with E-state index in [1.807, 2.05) is 0 Å². The number of hydrogen-bond donors (Lipinski definition) is 1. The maximum atomic E-state index is 5.58. The Labute approximate surface area is 100 Å². The van der Waals surface area contributed by atoms with Crippen molar-refractivity contribution in [2.24, 2.45) is 0 Å². The van der Waals surface area contributed by atoms with Gasteiger partial charge in [0.1, 0.15) is 6.10 Å². The standard InChI is InChI=1S/C11H18N2O4/c1-14-3-2-12-7-11-13-6-9(17-11)10-8-15-4-5-16-10/h6,10,12H,2-5,7-8H2,1H3. The Balaban J connectivity index is 1.78. The van der Waals surface area contributed by atoms with Crippen molar-refractivity contribution in [3.8, 4) is 0 Å². The van der Waals surface area contributed by atoms with E-state index in [9.17, 15) is 0 Å². The van der Waals surface area contributed by atoms with Gasteiger partial charge in [-0.25, -0.2) is 4.98 Å². The highest BCUT2D eigenvalue weighted by atomic mass is 16.6. The van der Waals surface area contributed by atoms with Crippen LogP contribution in [0.5, 0.6) is 0 Å². The van der Waals surface area contributed by atoms with E-state index in [-0.39, 0.29) is 6.10 Å². The highest BCUT2D eigenvalue weighted by Gasteiger charge is 2.20. The van der Waals surface area contributed by atoms with Crippen LogP contribution in [0.4, 0.5) is 0 Å². The van der Waals surface area contributed by atoms with Gasteiger partial charge in [-0.1, -0.05) is 0 Å². The third-order valence-electron chi connectivity index (χ3n) is 2.46. The van der Waals surface area contributed by atoms with E-state index in [0.29, 0.717) is 38.9 Å². The minimum absolute atomic E-state index is 0.121. The fourth-order valence-corrected chi connectivity index (χ4v) is 1.58. The Hall–Kier alpha value is -0.950. The summed E-state index contributed by atoms with van der Waals surface area (Å²) in [5.41, 5.74) is 0. The molecule has 1 aliphatic rings. The highest BCUT2D eigenvalue weighted by Crippen LogP contribution is 2.21. The van der Waals surface area contributed by atoms with Crippen molar-refractivity contribution in [3.05, 3.63) is 17.8 Å². The molecular formula is C11H18N2O4. The van der Waals surface area contributed by atoms with Crippen LogP contribution in [0.15, 0.2) is 10.6 Å². The van der Waals surface area contributed by atoms with Crippen molar-refractivity contribution < 1.29 is 18.6 Å². The van der Waals surface area contributed by atoms with Crippen molar-refractivity contribution in [2.45, 2.75) is 12.6 Å². The second kappa shape index (κ2) is 6.70. The van der Waals surface area contributed by atoms with Crippen molar-refractivity contribution in [1.29, 1.82) is 0 Å². The first-order valence-corrected chi connectivity index (χ1v) is 5.73. The Morgan fingerprint density at radius 3 is 3.24 bits per heavy atom. The predicted molar refractivity (Wildman–Crippen MR) is 59.6 cm³/mol. The van der Waals surface area contributed by atoms with Crippen LogP contribution in [0.25, 0.3) is 0 Å². The first-order chi connectivity index (χ1) is 8.40. The Bertz CT molecular complexity index is 323. The first-order valence-electron chi connectivity index (χ1n) is 5.73. The normalized spacial score (nSPS) is 20.6. The topological polar surface area (TPSA) is 65.8 Å². The summed E-state index contributed by atoms with van der Waals surface area (Å²) >= 11 is 0. The number of nitrogens with one attached hydrogen (secondary N) is 1. The molecule has 1 fully saturated rings. The highest BCUT2D eigenvalue weighted by molar-refractivity contribution is 4.99. The fraction of sp³-hybridized carbons (Fsp3) is 0.727. The van der Waals surface area contributed by atoms with Crippen molar-refractivity contribution in [1.82, 2.24) is 10.3 Å². The lowest BCUT2D eigenvalue weighted by Gasteiger charge is -2.20. The molecule has 0 saturated carbocycles. The molecule has 0 aromatic carbocycles. The predicted octanol–water partition coefficient (Wildman–Crippen LogP) is 0.498. The SMILES string of the molecule is COCCNCc1ncc(C2COCCO2)o1. The number of hydrogen-bond acceptors (Lipinski definition) is 6. The third kappa shape index (κ3) is 3.78. The zero-order chi connectivity index (χ0) is 11.9. The smallest absolute Gasteiger partial charge is 0.208 e. The molecular weight excluding hydrogens is 224 g/mol. The van der Waals surface area contributed by atoms with Crippen LogP contribution in [0.2, 0.25) is 0 Å². The summed E-state index contributed by atoms with van der Waals surface area (Å²) in [6.07, 6.45) is 1.58. The van der Waals surface area contributed by atoms with Gasteiger partial charge in [0.15, 0.2) is 5.76 Å². The summed E-state index contributed by atoms with van der Waals surface area (Å²) in [5.74, 6) is 1.39. The fourth-order valence-electron chi connectivity index (χ4n) is 1.58. The zero-order valence-electron chi connectivity index (χ0n) is 9.98. The number of oxazole rings is 1. The average molecular weight is 242 g/mol. The van der Waals surface area contributed by atoms with Crippen LogP contribution >= 0.6 is 0 Å². The molecule has 1 N–H and O–H groups in total. The van der Waals surface area contributed by atoms with Gasteiger partial charge >= 0.3 is 0 Å². The molecule has 2 heterocycles. The maximum Gasteiger partial charge on any atom is 0.208 e. The van der Waals surface area contributed by atoms with Gasteiger partial charge in [-0.3, -0.25) is 0 Å². The average Bonchev–Trinajstić information content (AvgIpc) is 2.85. The lowest BCUT2D eigenvalue weighted by molar-refractivity contribution is -0.0978. The molecule has 1 aromatic rings. The number of ether oxygens (including phenoxy) is 3. The summed E-state index contributed by atoms with van der Waals surface area (Å²) < 4.78 is 21.3. The second-order valence-electron chi connectivity index (χ2n) is 3.76. The minimum Gasteiger partial charge on any atom is -0.441 e. The van der Waals surface area contributed by atoms with Gasteiger partial charge < -0.3 is 23.9 Å². The Morgan fingerprint density at radius 1 is 1.53 bits per heavy atom. The molecule has 6 heteroatoms. The van der Waals surface area contributed by atoms with E-state index in [4.69, 9.17) is 18.6 Å². The van der Waals surface area contributed by atoms with Crippen LogP contribution in [0.3, 0.4) is 0 Å². The van der Waals surface area contributed by atoms with Crippen molar-refractivity contribution >= 4 is 0 Å². The number of aromatic nitrogens is 1. The molecule has 0 radical (unpaired) electrons. The minimum atomic E-state index is -0.121. The van der Waals surface area contributed by atoms with Crippen molar-refractivity contribution in [3.63, 3.8) is 0 Å². The van der Waals surface area contributed by atoms with Gasteiger partial charge in [-0.05, 0) is 0 Å². The van der Waals surface area contributed by atoms with Crippen LogP contribution < -0.4 is 5.32 Å². The summed E-state index contributed by atoms with van der Waals surface area (Å²) in [4.78, 5) is 4.18. The van der Waals surface area contributed by atoms with E-state index in [2.05, 4.69) is 10.3 Å². The summed E-state index contributed by atoms with van der Waals surface area (Å²) in [5, 5.41) is 3.17. The molecule has 1 aliphatic heterocycles. The van der Waals surface area contributed by atoms with Crippen LogP contribution in [-0.2, 0) is 20.8 Å². The van der Waals surface area contributed by atoms with E-state index in [0.717, 1.165) is 12.3 Å². The summed E-state index contributed by atoms with van der Waals surface area (Å²) in [7, 11) is 1.67. The van der Waals surface area contributed by atoms with Gasteiger partial charge in [0.05, 0.1) is 39.2 Å². The van der Waals surface area contributed by atoms with Crippen molar-refractivity contribution in [2.75, 3.05) is 40.1 Å². The van der Waals surface area contributed by atoms with Gasteiger partial charge in [0, 0.05) is 13.7 Å². The number of methoxy groups -OCH3 is 1.